The van der Waals surface area contributed by atoms with Gasteiger partial charge in [0.15, 0.2) is 0 Å². The van der Waals surface area contributed by atoms with Gasteiger partial charge in [-0.3, -0.25) is 4.79 Å². The number of hydrogen-bond donors (Lipinski definition) is 1. The number of hydrogen-bond acceptors (Lipinski definition) is 4. The largest absolute Gasteiger partial charge is 0.460 e. The number of ether oxygens (including phenoxy) is 2. The smallest absolute Gasteiger partial charge is 0.306 e. The molecule has 0 aromatic heterocycles. The molecule has 0 bridgehead atoms. The number of carbonyl (C=O) groups is 1. The van der Waals surface area contributed by atoms with Crippen LogP contribution >= 0.6 is 0 Å². The molecule has 2 fully saturated rings. The van der Waals surface area contributed by atoms with Crippen LogP contribution in [0.2, 0.25) is 0 Å². The van der Waals surface area contributed by atoms with E-state index in [0.717, 1.165) is 26.3 Å². The highest BCUT2D eigenvalue weighted by molar-refractivity contribution is 5.70. The lowest BCUT2D eigenvalue weighted by molar-refractivity contribution is -0.163. The predicted molar refractivity (Wildman–Crippen MR) is 60.1 cm³/mol. The van der Waals surface area contributed by atoms with Gasteiger partial charge in [-0.05, 0) is 33.2 Å². The van der Waals surface area contributed by atoms with Crippen molar-refractivity contribution in [1.82, 2.24) is 5.32 Å². The van der Waals surface area contributed by atoms with Gasteiger partial charge in [-0.1, -0.05) is 0 Å². The minimum absolute atomic E-state index is 0.0903. The normalized spacial score (nSPS) is 27.8. The Morgan fingerprint density at radius 3 is 2.69 bits per heavy atom. The van der Waals surface area contributed by atoms with E-state index in [1.807, 2.05) is 20.8 Å². The third kappa shape index (κ3) is 2.38. The molecule has 2 aliphatic rings. The number of rotatable bonds is 2. The molecule has 0 radical (unpaired) electrons. The van der Waals surface area contributed by atoms with E-state index in [2.05, 4.69) is 5.32 Å². The van der Waals surface area contributed by atoms with Crippen LogP contribution in [0.4, 0.5) is 0 Å². The van der Waals surface area contributed by atoms with Crippen LogP contribution in [0, 0.1) is 11.3 Å². The molecule has 16 heavy (non-hydrogen) atoms. The zero-order chi connectivity index (χ0) is 11.8. The number of esters is 1. The van der Waals surface area contributed by atoms with Gasteiger partial charge in [0.05, 0.1) is 19.6 Å². The Hall–Kier alpha value is -0.610. The molecule has 0 saturated carbocycles. The molecule has 0 amide bonds. The second kappa shape index (κ2) is 4.00. The summed E-state index contributed by atoms with van der Waals surface area (Å²) in [5, 5.41) is 3.35. The molecule has 1 N–H and O–H groups in total. The van der Waals surface area contributed by atoms with Gasteiger partial charge in [0.2, 0.25) is 0 Å². The van der Waals surface area contributed by atoms with E-state index >= 15 is 0 Å². The van der Waals surface area contributed by atoms with Crippen LogP contribution in [0.1, 0.15) is 27.2 Å². The highest BCUT2D eigenvalue weighted by atomic mass is 16.6. The molecule has 0 aromatic carbocycles. The van der Waals surface area contributed by atoms with Crippen molar-refractivity contribution in [2.75, 3.05) is 26.3 Å². The highest BCUT2D eigenvalue weighted by Crippen LogP contribution is 2.40. The van der Waals surface area contributed by atoms with Gasteiger partial charge in [0.1, 0.15) is 5.60 Å². The molecule has 2 heterocycles. The van der Waals surface area contributed by atoms with E-state index in [0.29, 0.717) is 12.3 Å². The van der Waals surface area contributed by atoms with Crippen molar-refractivity contribution < 1.29 is 14.3 Å². The Kier molecular flexibility index (Phi) is 2.97. The average Bonchev–Trinajstić information content (AvgIpc) is 2.42. The fourth-order valence-corrected chi connectivity index (χ4v) is 2.43. The van der Waals surface area contributed by atoms with Crippen LogP contribution in [0.5, 0.6) is 0 Å². The summed E-state index contributed by atoms with van der Waals surface area (Å²) in [6.07, 6.45) is 0.508. The van der Waals surface area contributed by atoms with Gasteiger partial charge < -0.3 is 14.8 Å². The lowest BCUT2D eigenvalue weighted by atomic mass is 9.75. The first-order chi connectivity index (χ1) is 7.41. The zero-order valence-electron chi connectivity index (χ0n) is 10.3. The minimum Gasteiger partial charge on any atom is -0.460 e. The van der Waals surface area contributed by atoms with Crippen LogP contribution in [-0.2, 0) is 14.3 Å². The van der Waals surface area contributed by atoms with E-state index in [-0.39, 0.29) is 17.0 Å². The number of nitrogens with one attached hydrogen (secondary N) is 1. The van der Waals surface area contributed by atoms with Gasteiger partial charge in [-0.25, -0.2) is 0 Å². The molecule has 0 aromatic rings. The van der Waals surface area contributed by atoms with Crippen molar-refractivity contribution in [2.24, 2.45) is 11.3 Å². The SMILES string of the molecule is CC(C)(C)OC(=O)CC1CNCC12COC2. The first kappa shape index (κ1) is 11.9. The molecular weight excluding hydrogens is 206 g/mol. The van der Waals surface area contributed by atoms with E-state index < -0.39 is 0 Å². The molecule has 1 spiro atoms. The molecule has 2 saturated heterocycles. The summed E-state index contributed by atoms with van der Waals surface area (Å²) >= 11 is 0. The second-order valence-electron chi connectivity index (χ2n) is 5.97. The summed E-state index contributed by atoms with van der Waals surface area (Å²) in [5.41, 5.74) is -0.177. The summed E-state index contributed by atoms with van der Waals surface area (Å²) in [5.74, 6) is 0.281. The van der Waals surface area contributed by atoms with Gasteiger partial charge in [0.25, 0.3) is 0 Å². The highest BCUT2D eigenvalue weighted by Gasteiger charge is 2.49. The molecular formula is C12H21NO3. The van der Waals surface area contributed by atoms with Crippen LogP contribution in [0.25, 0.3) is 0 Å². The van der Waals surface area contributed by atoms with E-state index in [9.17, 15) is 4.79 Å². The van der Waals surface area contributed by atoms with E-state index in [1.54, 1.807) is 0 Å². The van der Waals surface area contributed by atoms with Gasteiger partial charge in [-0.2, -0.15) is 0 Å². The molecule has 1 unspecified atom stereocenters. The zero-order valence-corrected chi connectivity index (χ0v) is 10.3. The third-order valence-corrected chi connectivity index (χ3v) is 3.35. The van der Waals surface area contributed by atoms with Gasteiger partial charge >= 0.3 is 5.97 Å². The van der Waals surface area contributed by atoms with Crippen LogP contribution in [-0.4, -0.2) is 37.9 Å². The minimum atomic E-state index is -0.383. The Morgan fingerprint density at radius 1 is 1.50 bits per heavy atom. The molecule has 1 atom stereocenters. The van der Waals surface area contributed by atoms with Crippen molar-refractivity contribution >= 4 is 5.97 Å². The van der Waals surface area contributed by atoms with Crippen molar-refractivity contribution in [3.05, 3.63) is 0 Å². The second-order valence-corrected chi connectivity index (χ2v) is 5.97. The molecule has 2 aliphatic heterocycles. The summed E-state index contributed by atoms with van der Waals surface area (Å²) in [6.45, 7) is 9.16. The van der Waals surface area contributed by atoms with Crippen molar-refractivity contribution in [2.45, 2.75) is 32.8 Å². The maximum atomic E-state index is 11.8. The van der Waals surface area contributed by atoms with Gasteiger partial charge in [0, 0.05) is 12.0 Å². The number of carbonyl (C=O) groups excluding carboxylic acids is 1. The molecule has 4 nitrogen and oxygen atoms in total. The monoisotopic (exact) mass is 227 g/mol. The van der Waals surface area contributed by atoms with Crippen LogP contribution in [0.15, 0.2) is 0 Å². The Bertz CT molecular complexity index is 278. The Labute approximate surface area is 96.7 Å². The Morgan fingerprint density at radius 2 is 2.19 bits per heavy atom. The topological polar surface area (TPSA) is 47.6 Å². The van der Waals surface area contributed by atoms with Crippen LogP contribution < -0.4 is 5.32 Å². The molecule has 92 valence electrons. The molecule has 2 rings (SSSR count). The standard InChI is InChI=1S/C12H21NO3/c1-11(2,3)16-10(14)4-9-5-13-6-12(9)7-15-8-12/h9,13H,4-8H2,1-3H3. The Balaban J connectivity index is 1.87. The average molecular weight is 227 g/mol. The lowest BCUT2D eigenvalue weighted by Gasteiger charge is -2.42. The lowest BCUT2D eigenvalue weighted by Crippen LogP contribution is -2.49. The predicted octanol–water partition coefficient (Wildman–Crippen LogP) is 0.954. The van der Waals surface area contributed by atoms with Crippen molar-refractivity contribution in [3.63, 3.8) is 0 Å². The molecule has 0 aliphatic carbocycles. The molecule has 4 heteroatoms. The van der Waals surface area contributed by atoms with E-state index in [4.69, 9.17) is 9.47 Å². The summed E-state index contributed by atoms with van der Waals surface area (Å²) in [4.78, 5) is 11.8. The summed E-state index contributed by atoms with van der Waals surface area (Å²) in [7, 11) is 0. The van der Waals surface area contributed by atoms with Crippen molar-refractivity contribution in [3.8, 4) is 0 Å². The first-order valence-electron chi connectivity index (χ1n) is 5.92. The third-order valence-electron chi connectivity index (χ3n) is 3.35. The van der Waals surface area contributed by atoms with Crippen LogP contribution in [0.3, 0.4) is 0 Å². The van der Waals surface area contributed by atoms with E-state index in [1.165, 1.54) is 0 Å². The fraction of sp³-hybridized carbons (Fsp3) is 0.917. The first-order valence-corrected chi connectivity index (χ1v) is 5.92. The maximum Gasteiger partial charge on any atom is 0.306 e. The summed E-state index contributed by atoms with van der Waals surface area (Å²) in [6, 6.07) is 0. The maximum absolute atomic E-state index is 11.8. The van der Waals surface area contributed by atoms with Gasteiger partial charge in [-0.15, -0.1) is 0 Å². The summed E-state index contributed by atoms with van der Waals surface area (Å²) < 4.78 is 10.6. The quantitative estimate of drug-likeness (QED) is 0.714. The van der Waals surface area contributed by atoms with Crippen molar-refractivity contribution in [1.29, 1.82) is 0 Å². The fourth-order valence-electron chi connectivity index (χ4n) is 2.43.